The number of carbonyl (C=O) groups is 1. The lowest BCUT2D eigenvalue weighted by Crippen LogP contribution is -2.08. The SMILES string of the molecule is CCCCCCCCCCCCCCCCCC(=O)CC(C)O. The van der Waals surface area contributed by atoms with Gasteiger partial charge in [0.15, 0.2) is 0 Å². The fraction of sp³-hybridized carbons (Fsp3) is 0.952. The van der Waals surface area contributed by atoms with Crippen LogP contribution in [0.25, 0.3) is 0 Å². The summed E-state index contributed by atoms with van der Waals surface area (Å²) in [6, 6.07) is 0. The average molecular weight is 327 g/mol. The van der Waals surface area contributed by atoms with E-state index in [9.17, 15) is 4.79 Å². The van der Waals surface area contributed by atoms with Crippen molar-refractivity contribution in [2.45, 2.75) is 129 Å². The number of hydrogen-bond acceptors (Lipinski definition) is 2. The fourth-order valence-corrected chi connectivity index (χ4v) is 3.13. The van der Waals surface area contributed by atoms with Crippen LogP contribution in [0.5, 0.6) is 0 Å². The first-order valence-corrected chi connectivity index (χ1v) is 10.4. The quantitative estimate of drug-likeness (QED) is 0.288. The Bertz CT molecular complexity index is 248. The molecule has 0 rings (SSSR count). The Balaban J connectivity index is 3.06. The highest BCUT2D eigenvalue weighted by Gasteiger charge is 2.05. The van der Waals surface area contributed by atoms with Crippen molar-refractivity contribution in [1.29, 1.82) is 0 Å². The molecule has 23 heavy (non-hydrogen) atoms. The average Bonchev–Trinajstić information content (AvgIpc) is 2.50. The van der Waals surface area contributed by atoms with Crippen LogP contribution in [0.2, 0.25) is 0 Å². The first-order valence-electron chi connectivity index (χ1n) is 10.4. The predicted molar refractivity (Wildman–Crippen MR) is 101 cm³/mol. The molecule has 2 nitrogen and oxygen atoms in total. The first kappa shape index (κ1) is 22.6. The van der Waals surface area contributed by atoms with Crippen molar-refractivity contribution in [1.82, 2.24) is 0 Å². The van der Waals surface area contributed by atoms with Gasteiger partial charge in [0.25, 0.3) is 0 Å². The highest BCUT2D eigenvalue weighted by molar-refractivity contribution is 5.78. The molecule has 0 aromatic carbocycles. The van der Waals surface area contributed by atoms with Gasteiger partial charge >= 0.3 is 0 Å². The van der Waals surface area contributed by atoms with Crippen LogP contribution in [0.15, 0.2) is 0 Å². The second kappa shape index (κ2) is 18.0. The Morgan fingerprint density at radius 3 is 1.39 bits per heavy atom. The number of unbranched alkanes of at least 4 members (excludes halogenated alkanes) is 14. The maximum atomic E-state index is 11.4. The third kappa shape index (κ3) is 19.6. The van der Waals surface area contributed by atoms with E-state index in [-0.39, 0.29) is 5.78 Å². The van der Waals surface area contributed by atoms with Gasteiger partial charge in [-0.05, 0) is 13.3 Å². The molecule has 0 heterocycles. The Hall–Kier alpha value is -0.370. The van der Waals surface area contributed by atoms with Crippen LogP contribution in [0.1, 0.15) is 123 Å². The minimum Gasteiger partial charge on any atom is -0.393 e. The van der Waals surface area contributed by atoms with Crippen LogP contribution in [0.4, 0.5) is 0 Å². The fourth-order valence-electron chi connectivity index (χ4n) is 3.13. The summed E-state index contributed by atoms with van der Waals surface area (Å²) in [5, 5.41) is 9.13. The molecule has 0 spiro atoms. The molecule has 1 unspecified atom stereocenters. The molecule has 2 heteroatoms. The number of hydrogen-bond donors (Lipinski definition) is 1. The zero-order valence-corrected chi connectivity index (χ0v) is 16.0. The molecule has 0 aliphatic heterocycles. The Labute approximate surface area is 145 Å². The van der Waals surface area contributed by atoms with E-state index in [2.05, 4.69) is 6.92 Å². The van der Waals surface area contributed by atoms with Crippen LogP contribution in [0, 0.1) is 0 Å². The number of ketones is 1. The molecule has 0 amide bonds. The molecule has 0 bridgehead atoms. The molecule has 1 atom stereocenters. The van der Waals surface area contributed by atoms with Crippen molar-refractivity contribution < 1.29 is 9.90 Å². The van der Waals surface area contributed by atoms with E-state index >= 15 is 0 Å². The number of aliphatic hydroxyl groups excluding tert-OH is 1. The topological polar surface area (TPSA) is 37.3 Å². The van der Waals surface area contributed by atoms with Crippen molar-refractivity contribution in [3.05, 3.63) is 0 Å². The van der Waals surface area contributed by atoms with Gasteiger partial charge in [0.05, 0.1) is 6.10 Å². The molecule has 0 radical (unpaired) electrons. The molecule has 0 fully saturated rings. The molecular weight excluding hydrogens is 284 g/mol. The van der Waals surface area contributed by atoms with Crippen LogP contribution >= 0.6 is 0 Å². The maximum Gasteiger partial charge on any atom is 0.135 e. The smallest absolute Gasteiger partial charge is 0.135 e. The molecule has 0 saturated carbocycles. The normalized spacial score (nSPS) is 12.5. The Morgan fingerprint density at radius 1 is 0.696 bits per heavy atom. The summed E-state index contributed by atoms with van der Waals surface area (Å²) in [6.45, 7) is 3.96. The van der Waals surface area contributed by atoms with E-state index in [1.165, 1.54) is 89.9 Å². The molecule has 138 valence electrons. The van der Waals surface area contributed by atoms with Crippen LogP contribution < -0.4 is 0 Å². The van der Waals surface area contributed by atoms with E-state index in [0.29, 0.717) is 12.8 Å². The summed E-state index contributed by atoms with van der Waals surface area (Å²) in [4.78, 5) is 11.4. The Kier molecular flexibility index (Phi) is 17.7. The molecule has 0 aromatic heterocycles. The molecule has 0 aromatic rings. The molecular formula is C21H42O2. The van der Waals surface area contributed by atoms with Crippen molar-refractivity contribution in [3.8, 4) is 0 Å². The number of Topliss-reactive ketones (excluding diaryl/α,β-unsaturated/α-hetero) is 1. The highest BCUT2D eigenvalue weighted by atomic mass is 16.3. The van der Waals surface area contributed by atoms with Gasteiger partial charge in [0.2, 0.25) is 0 Å². The minimum absolute atomic E-state index is 0.217. The number of aliphatic hydroxyl groups is 1. The molecule has 0 saturated heterocycles. The van der Waals surface area contributed by atoms with Gasteiger partial charge in [0, 0.05) is 12.8 Å². The second-order valence-electron chi connectivity index (χ2n) is 7.29. The summed E-state index contributed by atoms with van der Waals surface area (Å²) in [5.41, 5.74) is 0. The van der Waals surface area contributed by atoms with Gasteiger partial charge in [-0.15, -0.1) is 0 Å². The molecule has 1 N–H and O–H groups in total. The maximum absolute atomic E-state index is 11.4. The van der Waals surface area contributed by atoms with E-state index in [1.807, 2.05) is 0 Å². The van der Waals surface area contributed by atoms with E-state index in [0.717, 1.165) is 6.42 Å². The predicted octanol–water partition coefficient (Wildman–Crippen LogP) is 6.59. The lowest BCUT2D eigenvalue weighted by molar-refractivity contribution is -0.120. The van der Waals surface area contributed by atoms with E-state index < -0.39 is 6.10 Å². The standard InChI is InChI=1S/C21H42O2/c1-3-4-5-6-7-8-9-10-11-12-13-14-15-16-17-18-21(23)19-20(2)22/h20,22H,3-19H2,1-2H3. The molecule has 0 aliphatic rings. The first-order chi connectivity index (χ1) is 11.2. The third-order valence-electron chi connectivity index (χ3n) is 4.58. The Morgan fingerprint density at radius 2 is 1.04 bits per heavy atom. The van der Waals surface area contributed by atoms with Crippen LogP contribution in [-0.2, 0) is 4.79 Å². The summed E-state index contributed by atoms with van der Waals surface area (Å²) in [7, 11) is 0. The van der Waals surface area contributed by atoms with Crippen molar-refractivity contribution >= 4 is 5.78 Å². The lowest BCUT2D eigenvalue weighted by atomic mass is 10.0. The van der Waals surface area contributed by atoms with Crippen LogP contribution in [0.3, 0.4) is 0 Å². The summed E-state index contributed by atoms with van der Waals surface area (Å²) >= 11 is 0. The van der Waals surface area contributed by atoms with Crippen LogP contribution in [-0.4, -0.2) is 17.0 Å². The highest BCUT2D eigenvalue weighted by Crippen LogP contribution is 2.14. The van der Waals surface area contributed by atoms with Crippen molar-refractivity contribution in [2.75, 3.05) is 0 Å². The third-order valence-corrected chi connectivity index (χ3v) is 4.58. The van der Waals surface area contributed by atoms with Gasteiger partial charge in [-0.25, -0.2) is 0 Å². The van der Waals surface area contributed by atoms with E-state index in [4.69, 9.17) is 5.11 Å². The van der Waals surface area contributed by atoms with Gasteiger partial charge in [0.1, 0.15) is 5.78 Å². The number of carbonyl (C=O) groups excluding carboxylic acids is 1. The summed E-state index contributed by atoms with van der Waals surface area (Å²) in [5.74, 6) is 0.217. The monoisotopic (exact) mass is 326 g/mol. The van der Waals surface area contributed by atoms with Crippen molar-refractivity contribution in [2.24, 2.45) is 0 Å². The van der Waals surface area contributed by atoms with E-state index in [1.54, 1.807) is 6.92 Å². The summed E-state index contributed by atoms with van der Waals surface area (Å²) < 4.78 is 0. The van der Waals surface area contributed by atoms with Gasteiger partial charge < -0.3 is 5.11 Å². The van der Waals surface area contributed by atoms with Gasteiger partial charge in [-0.2, -0.15) is 0 Å². The minimum atomic E-state index is -0.473. The second-order valence-corrected chi connectivity index (χ2v) is 7.29. The zero-order valence-electron chi connectivity index (χ0n) is 16.0. The lowest BCUT2D eigenvalue weighted by Gasteiger charge is -2.04. The zero-order chi connectivity index (χ0) is 17.2. The van der Waals surface area contributed by atoms with Gasteiger partial charge in [-0.1, -0.05) is 96.8 Å². The van der Waals surface area contributed by atoms with Crippen molar-refractivity contribution in [3.63, 3.8) is 0 Å². The van der Waals surface area contributed by atoms with Gasteiger partial charge in [-0.3, -0.25) is 4.79 Å². The molecule has 0 aliphatic carbocycles. The summed E-state index contributed by atoms with van der Waals surface area (Å²) in [6.07, 6.45) is 20.8. The largest absolute Gasteiger partial charge is 0.393 e. The number of rotatable bonds is 18.